The first-order valence-electron chi connectivity index (χ1n) is 6.07. The van der Waals surface area contributed by atoms with Crippen LogP contribution in [0.3, 0.4) is 0 Å². The molecule has 1 aromatic carbocycles. The van der Waals surface area contributed by atoms with Gasteiger partial charge in [-0.05, 0) is 30.2 Å². The molecule has 0 fully saturated rings. The summed E-state index contributed by atoms with van der Waals surface area (Å²) in [5.41, 5.74) is 0. The number of halogens is 1. The molecule has 1 N–H and O–H groups in total. The van der Waals surface area contributed by atoms with Gasteiger partial charge < -0.3 is 9.84 Å². The van der Waals surface area contributed by atoms with Crippen LogP contribution in [0.25, 0.3) is 0 Å². The number of benzene rings is 1. The van der Waals surface area contributed by atoms with Crippen molar-refractivity contribution < 1.29 is 23.1 Å². The summed E-state index contributed by atoms with van der Waals surface area (Å²) in [6.07, 6.45) is 0. The minimum absolute atomic E-state index is 0.0690. The van der Waals surface area contributed by atoms with Crippen molar-refractivity contribution in [3.63, 3.8) is 0 Å². The van der Waals surface area contributed by atoms with E-state index in [0.29, 0.717) is 5.75 Å². The number of hydrogen-bond acceptors (Lipinski definition) is 4. The fraction of sp³-hybridized carbons (Fsp3) is 0.462. The third-order valence-corrected chi connectivity index (χ3v) is 5.47. The number of hydrogen-bond donors (Lipinski definition) is 1. The Balaban J connectivity index is 2.63. The van der Waals surface area contributed by atoms with Crippen LogP contribution in [0.15, 0.2) is 28.7 Å². The van der Waals surface area contributed by atoms with Crippen molar-refractivity contribution in [1.29, 1.82) is 0 Å². The van der Waals surface area contributed by atoms with Gasteiger partial charge in [0.15, 0.2) is 15.1 Å². The zero-order valence-corrected chi connectivity index (χ0v) is 13.6. The zero-order valence-electron chi connectivity index (χ0n) is 11.2. The first-order valence-corrected chi connectivity index (χ1v) is 8.57. The van der Waals surface area contributed by atoms with E-state index in [1.165, 1.54) is 0 Å². The molecule has 1 atom stereocenters. The fourth-order valence-corrected chi connectivity index (χ4v) is 3.76. The average Bonchev–Trinajstić information content (AvgIpc) is 2.29. The van der Waals surface area contributed by atoms with Crippen LogP contribution in [0.4, 0.5) is 0 Å². The van der Waals surface area contributed by atoms with E-state index in [4.69, 9.17) is 9.84 Å². The molecule has 0 spiro atoms. The van der Waals surface area contributed by atoms with Crippen molar-refractivity contribution in [2.75, 3.05) is 12.4 Å². The normalized spacial score (nSPS) is 13.2. The predicted octanol–water partition coefficient (Wildman–Crippen LogP) is 2.35. The number of aliphatic carboxylic acids is 1. The summed E-state index contributed by atoms with van der Waals surface area (Å²) < 4.78 is 30.2. The van der Waals surface area contributed by atoms with Crippen LogP contribution in [0.2, 0.25) is 0 Å². The molecule has 7 heteroatoms. The van der Waals surface area contributed by atoms with Gasteiger partial charge in [-0.2, -0.15) is 0 Å². The number of ether oxygens (including phenoxy) is 1. The molecule has 1 unspecified atom stereocenters. The average molecular weight is 365 g/mol. The third kappa shape index (κ3) is 4.79. The van der Waals surface area contributed by atoms with Crippen molar-refractivity contribution in [3.05, 3.63) is 28.7 Å². The summed E-state index contributed by atoms with van der Waals surface area (Å²) in [6, 6.07) is 6.96. The van der Waals surface area contributed by atoms with Crippen molar-refractivity contribution in [1.82, 2.24) is 0 Å². The largest absolute Gasteiger partial charge is 0.493 e. The first kappa shape index (κ1) is 17.0. The van der Waals surface area contributed by atoms with Gasteiger partial charge in [-0.3, -0.25) is 4.79 Å². The number of sulfone groups is 1. The number of carboxylic acids is 1. The molecular weight excluding hydrogens is 348 g/mol. The van der Waals surface area contributed by atoms with E-state index in [9.17, 15) is 13.2 Å². The second kappa shape index (κ2) is 7.08. The molecule has 0 saturated carbocycles. The maximum absolute atomic E-state index is 12.0. The van der Waals surface area contributed by atoms with Crippen molar-refractivity contribution >= 4 is 31.7 Å². The monoisotopic (exact) mass is 364 g/mol. The predicted molar refractivity (Wildman–Crippen MR) is 79.7 cm³/mol. The Morgan fingerprint density at radius 2 is 1.85 bits per heavy atom. The Morgan fingerprint density at radius 3 is 2.30 bits per heavy atom. The van der Waals surface area contributed by atoms with Gasteiger partial charge in [0.1, 0.15) is 12.4 Å². The highest BCUT2D eigenvalue weighted by molar-refractivity contribution is 9.10. The Labute approximate surface area is 127 Å². The molecule has 0 aromatic heterocycles. The molecule has 112 valence electrons. The maximum Gasteiger partial charge on any atom is 0.322 e. The van der Waals surface area contributed by atoms with E-state index >= 15 is 0 Å². The summed E-state index contributed by atoms with van der Waals surface area (Å²) >= 11 is 3.28. The van der Waals surface area contributed by atoms with Crippen molar-refractivity contribution in [2.45, 2.75) is 19.1 Å². The summed E-state index contributed by atoms with van der Waals surface area (Å²) in [4.78, 5) is 11.0. The highest BCUT2D eigenvalue weighted by atomic mass is 79.9. The summed E-state index contributed by atoms with van der Waals surface area (Å²) in [5.74, 6) is -1.58. The van der Waals surface area contributed by atoms with Crippen LogP contribution in [0, 0.1) is 5.92 Å². The molecule has 5 nitrogen and oxygen atoms in total. The highest BCUT2D eigenvalue weighted by Gasteiger charge is 2.34. The molecule has 0 aliphatic carbocycles. The lowest BCUT2D eigenvalue weighted by molar-refractivity contribution is -0.137. The van der Waals surface area contributed by atoms with Gasteiger partial charge in [-0.1, -0.05) is 29.8 Å². The number of carbonyl (C=O) groups is 1. The molecule has 0 heterocycles. The van der Waals surface area contributed by atoms with Crippen molar-refractivity contribution in [2.24, 2.45) is 5.92 Å². The number of rotatable bonds is 7. The van der Waals surface area contributed by atoms with E-state index in [1.807, 2.05) is 0 Å². The van der Waals surface area contributed by atoms with E-state index in [1.54, 1.807) is 38.1 Å². The maximum atomic E-state index is 12.0. The summed E-state index contributed by atoms with van der Waals surface area (Å²) in [7, 11) is -3.73. The molecule has 0 amide bonds. The van der Waals surface area contributed by atoms with Gasteiger partial charge in [-0.25, -0.2) is 8.42 Å². The van der Waals surface area contributed by atoms with Gasteiger partial charge >= 0.3 is 5.97 Å². The Bertz CT molecular complexity index is 551. The van der Waals surface area contributed by atoms with Crippen LogP contribution in [0.5, 0.6) is 5.75 Å². The topological polar surface area (TPSA) is 80.7 Å². The molecule has 20 heavy (non-hydrogen) atoms. The molecule has 1 aromatic rings. The molecule has 0 aliphatic heterocycles. The van der Waals surface area contributed by atoms with E-state index in [2.05, 4.69) is 15.9 Å². The molecule has 0 aliphatic rings. The van der Waals surface area contributed by atoms with Gasteiger partial charge in [0.05, 0.1) is 5.75 Å². The summed E-state index contributed by atoms with van der Waals surface area (Å²) in [6.45, 7) is 3.08. The Kier molecular flexibility index (Phi) is 6.01. The summed E-state index contributed by atoms with van der Waals surface area (Å²) in [5, 5.41) is 7.61. The fourth-order valence-electron chi connectivity index (χ4n) is 1.79. The van der Waals surface area contributed by atoms with Gasteiger partial charge in [0, 0.05) is 4.47 Å². The van der Waals surface area contributed by atoms with Gasteiger partial charge in [0.2, 0.25) is 0 Å². The van der Waals surface area contributed by atoms with Crippen LogP contribution < -0.4 is 4.74 Å². The first-order chi connectivity index (χ1) is 9.24. The van der Waals surface area contributed by atoms with E-state index < -0.39 is 27.0 Å². The smallest absolute Gasteiger partial charge is 0.322 e. The van der Waals surface area contributed by atoms with E-state index in [0.717, 1.165) is 4.47 Å². The second-order valence-electron chi connectivity index (χ2n) is 4.67. The molecule has 0 radical (unpaired) electrons. The lowest BCUT2D eigenvalue weighted by Gasteiger charge is -2.17. The molecule has 1 rings (SSSR count). The lowest BCUT2D eigenvalue weighted by Crippen LogP contribution is -2.37. The standard InChI is InChI=1S/C13H17BrO5S/c1-9(2)12(13(15)16)20(17,18)8-7-19-11-5-3-10(14)4-6-11/h3-6,9,12H,7-8H2,1-2H3,(H,15,16). The lowest BCUT2D eigenvalue weighted by atomic mass is 10.1. The van der Waals surface area contributed by atoms with Crippen LogP contribution in [0.1, 0.15) is 13.8 Å². The molecular formula is C13H17BrO5S. The Morgan fingerprint density at radius 1 is 1.30 bits per heavy atom. The van der Waals surface area contributed by atoms with Crippen molar-refractivity contribution in [3.8, 4) is 5.75 Å². The quantitative estimate of drug-likeness (QED) is 0.802. The minimum atomic E-state index is -3.73. The highest BCUT2D eigenvalue weighted by Crippen LogP contribution is 2.17. The zero-order chi connectivity index (χ0) is 15.3. The van der Waals surface area contributed by atoms with Gasteiger partial charge in [-0.15, -0.1) is 0 Å². The number of carboxylic acid groups (broad SMARTS) is 1. The molecule has 0 bridgehead atoms. The second-order valence-corrected chi connectivity index (χ2v) is 7.83. The SMILES string of the molecule is CC(C)C(C(=O)O)S(=O)(=O)CCOc1ccc(Br)cc1. The molecule has 0 saturated heterocycles. The van der Waals surface area contributed by atoms with Gasteiger partial charge in [0.25, 0.3) is 0 Å². The third-order valence-electron chi connectivity index (χ3n) is 2.69. The van der Waals surface area contributed by atoms with Crippen LogP contribution >= 0.6 is 15.9 Å². The van der Waals surface area contributed by atoms with E-state index in [-0.39, 0.29) is 12.4 Å². The minimum Gasteiger partial charge on any atom is -0.493 e. The Hall–Kier alpha value is -1.08. The van der Waals surface area contributed by atoms with Crippen LogP contribution in [-0.2, 0) is 14.6 Å². The van der Waals surface area contributed by atoms with Crippen LogP contribution in [-0.4, -0.2) is 37.1 Å².